The molecule has 1 amide bonds. The maximum atomic E-state index is 13.0. The fourth-order valence-electron chi connectivity index (χ4n) is 4.09. The fraction of sp³-hybridized carbons (Fsp3) is 0.519. The molecule has 1 aromatic heterocycles. The minimum Gasteiger partial charge on any atom is -0.475 e. The molecule has 13 heteroatoms. The van der Waals surface area contributed by atoms with Crippen molar-refractivity contribution in [3.05, 3.63) is 52.4 Å². The molecule has 0 atom stereocenters. The predicted octanol–water partition coefficient (Wildman–Crippen LogP) is 5.79. The topological polar surface area (TPSA) is 131 Å². The van der Waals surface area contributed by atoms with E-state index in [0.717, 1.165) is 44.3 Å². The number of rotatable bonds is 12. The molecule has 40 heavy (non-hydrogen) atoms. The number of hydrazine groups is 1. The summed E-state index contributed by atoms with van der Waals surface area (Å²) in [4.78, 5) is 30.1. The summed E-state index contributed by atoms with van der Waals surface area (Å²) < 4.78 is 31.7. The molecule has 0 aliphatic heterocycles. The van der Waals surface area contributed by atoms with Gasteiger partial charge in [-0.05, 0) is 43.5 Å². The van der Waals surface area contributed by atoms with E-state index in [4.69, 9.17) is 21.5 Å². The van der Waals surface area contributed by atoms with Crippen LogP contribution in [-0.2, 0) is 11.3 Å². The quantitative estimate of drug-likeness (QED) is 0.212. The summed E-state index contributed by atoms with van der Waals surface area (Å²) >= 11 is 6.34. The molecule has 0 unspecified atom stereocenters. The minimum atomic E-state index is -5.08. The molecule has 0 radical (unpaired) electrons. The van der Waals surface area contributed by atoms with Crippen molar-refractivity contribution in [2.75, 3.05) is 11.6 Å². The zero-order valence-corrected chi connectivity index (χ0v) is 23.1. The first kappa shape index (κ1) is 32.8. The van der Waals surface area contributed by atoms with Gasteiger partial charge in [-0.15, -0.1) is 0 Å². The first-order chi connectivity index (χ1) is 19.1. The van der Waals surface area contributed by atoms with Crippen LogP contribution in [0.15, 0.2) is 30.5 Å². The van der Waals surface area contributed by atoms with Crippen LogP contribution >= 0.6 is 11.6 Å². The summed E-state index contributed by atoms with van der Waals surface area (Å²) in [6.07, 6.45) is 6.65. The van der Waals surface area contributed by atoms with Crippen LogP contribution in [0.2, 0.25) is 5.02 Å². The number of carboxylic acids is 1. The molecule has 0 spiro atoms. The van der Waals surface area contributed by atoms with Crippen molar-refractivity contribution >= 4 is 29.3 Å². The van der Waals surface area contributed by atoms with E-state index < -0.39 is 12.1 Å². The second-order valence-corrected chi connectivity index (χ2v) is 9.72. The first-order valence-corrected chi connectivity index (χ1v) is 13.6. The fourth-order valence-corrected chi connectivity index (χ4v) is 4.28. The third kappa shape index (κ3) is 11.0. The van der Waals surface area contributed by atoms with Crippen LogP contribution < -0.4 is 15.8 Å². The van der Waals surface area contributed by atoms with Crippen molar-refractivity contribution in [3.63, 3.8) is 0 Å². The monoisotopic (exact) mass is 582 g/mol. The van der Waals surface area contributed by atoms with E-state index >= 15 is 0 Å². The van der Waals surface area contributed by atoms with Gasteiger partial charge in [0, 0.05) is 12.1 Å². The standard InChI is InChI=1S/C25H33ClN6O.C2HF3O2/c1-2-3-4-5-8-15-28-17-19-11-13-20(14-12-19)25(33)31-32(21-9-6-7-10-21)24-22(26)18-29-23(16-27)30-24;3-2(4,5)1(6)7/h11-14,18,21,28H,2-10,15,17H2,1H3,(H,31,33);(H,6,7). The number of nitrogens with one attached hydrogen (secondary N) is 2. The molecule has 218 valence electrons. The van der Waals surface area contributed by atoms with E-state index in [0.29, 0.717) is 16.4 Å². The van der Waals surface area contributed by atoms with E-state index in [1.807, 2.05) is 30.3 Å². The summed E-state index contributed by atoms with van der Waals surface area (Å²) in [5.41, 5.74) is 4.68. The predicted molar refractivity (Wildman–Crippen MR) is 145 cm³/mol. The zero-order chi connectivity index (χ0) is 29.5. The van der Waals surface area contributed by atoms with Gasteiger partial charge in [0.2, 0.25) is 5.82 Å². The number of aliphatic carboxylic acids is 1. The SMILES string of the molecule is CCCCCCCNCc1ccc(C(=O)NN(c2nc(C#N)ncc2Cl)C2CCCC2)cc1.O=C(O)C(F)(F)F. The van der Waals surface area contributed by atoms with Crippen LogP contribution in [-0.4, -0.2) is 45.7 Å². The Morgan fingerprint density at radius 3 is 2.35 bits per heavy atom. The Kier molecular flexibility index (Phi) is 13.6. The minimum absolute atomic E-state index is 0.0221. The number of amides is 1. The first-order valence-electron chi connectivity index (χ1n) is 13.2. The van der Waals surface area contributed by atoms with Gasteiger partial charge in [-0.3, -0.25) is 15.2 Å². The molecule has 2 aromatic rings. The van der Waals surface area contributed by atoms with Crippen LogP contribution in [0.25, 0.3) is 0 Å². The summed E-state index contributed by atoms with van der Waals surface area (Å²) in [7, 11) is 0. The number of halogens is 4. The highest BCUT2D eigenvalue weighted by molar-refractivity contribution is 6.32. The normalized spacial score (nSPS) is 13.2. The lowest BCUT2D eigenvalue weighted by Crippen LogP contribution is -2.48. The second kappa shape index (κ2) is 16.6. The lowest BCUT2D eigenvalue weighted by atomic mass is 10.1. The molecule has 1 fully saturated rings. The lowest BCUT2D eigenvalue weighted by molar-refractivity contribution is -0.192. The molecule has 0 saturated heterocycles. The van der Waals surface area contributed by atoms with Gasteiger partial charge < -0.3 is 10.4 Å². The summed E-state index contributed by atoms with van der Waals surface area (Å²) in [6, 6.07) is 9.64. The molecule has 3 rings (SSSR count). The second-order valence-electron chi connectivity index (χ2n) is 9.32. The number of hydrogen-bond donors (Lipinski definition) is 3. The molecule has 1 heterocycles. The Morgan fingerprint density at radius 2 is 1.77 bits per heavy atom. The van der Waals surface area contributed by atoms with Crippen LogP contribution in [0.1, 0.15) is 86.5 Å². The molecular formula is C27H34ClF3N6O3. The van der Waals surface area contributed by atoms with Gasteiger partial charge in [0.25, 0.3) is 5.91 Å². The Bertz CT molecular complexity index is 1140. The highest BCUT2D eigenvalue weighted by Gasteiger charge is 2.38. The van der Waals surface area contributed by atoms with E-state index in [1.54, 1.807) is 5.01 Å². The number of carbonyl (C=O) groups is 2. The number of nitriles is 1. The van der Waals surface area contributed by atoms with Crippen molar-refractivity contribution in [1.29, 1.82) is 5.26 Å². The molecule has 1 aliphatic rings. The van der Waals surface area contributed by atoms with E-state index in [-0.39, 0.29) is 17.8 Å². The summed E-state index contributed by atoms with van der Waals surface area (Å²) in [6.45, 7) is 4.02. The Morgan fingerprint density at radius 1 is 1.15 bits per heavy atom. The Hall–Kier alpha value is -3.43. The van der Waals surface area contributed by atoms with Gasteiger partial charge in [-0.1, -0.05) is 69.2 Å². The molecule has 1 aromatic carbocycles. The van der Waals surface area contributed by atoms with Gasteiger partial charge in [-0.2, -0.15) is 23.4 Å². The number of anilines is 1. The number of nitrogens with zero attached hydrogens (tertiary/aromatic N) is 4. The molecule has 1 aliphatic carbocycles. The van der Waals surface area contributed by atoms with Crippen molar-refractivity contribution in [3.8, 4) is 6.07 Å². The maximum Gasteiger partial charge on any atom is 0.490 e. The molecule has 3 N–H and O–H groups in total. The van der Waals surface area contributed by atoms with Crippen LogP contribution in [0, 0.1) is 11.3 Å². The van der Waals surface area contributed by atoms with Crippen LogP contribution in [0.3, 0.4) is 0 Å². The van der Waals surface area contributed by atoms with Crippen molar-refractivity contribution in [1.82, 2.24) is 20.7 Å². The number of carboxylic acid groups (broad SMARTS) is 1. The highest BCUT2D eigenvalue weighted by atomic mass is 35.5. The van der Waals surface area contributed by atoms with Gasteiger partial charge in [0.15, 0.2) is 5.82 Å². The third-order valence-corrected chi connectivity index (χ3v) is 6.48. The van der Waals surface area contributed by atoms with Gasteiger partial charge in [0.05, 0.1) is 12.2 Å². The Labute approximate surface area is 236 Å². The average molecular weight is 583 g/mol. The average Bonchev–Trinajstić information content (AvgIpc) is 3.46. The van der Waals surface area contributed by atoms with Crippen LogP contribution in [0.5, 0.6) is 0 Å². The number of hydrogen-bond acceptors (Lipinski definition) is 7. The summed E-state index contributed by atoms with van der Waals surface area (Å²) in [5.74, 6) is -2.60. The number of aromatic nitrogens is 2. The highest BCUT2D eigenvalue weighted by Crippen LogP contribution is 2.30. The molecular weight excluding hydrogens is 549 g/mol. The summed E-state index contributed by atoms with van der Waals surface area (Å²) in [5, 5.41) is 21.8. The smallest absolute Gasteiger partial charge is 0.475 e. The largest absolute Gasteiger partial charge is 0.490 e. The molecule has 9 nitrogen and oxygen atoms in total. The van der Waals surface area contributed by atoms with E-state index in [9.17, 15) is 23.2 Å². The third-order valence-electron chi connectivity index (χ3n) is 6.21. The van der Waals surface area contributed by atoms with Crippen LogP contribution in [0.4, 0.5) is 19.0 Å². The lowest BCUT2D eigenvalue weighted by Gasteiger charge is -2.30. The van der Waals surface area contributed by atoms with E-state index in [1.165, 1.54) is 38.3 Å². The number of benzene rings is 1. The maximum absolute atomic E-state index is 13.0. The van der Waals surface area contributed by atoms with Gasteiger partial charge in [0.1, 0.15) is 11.1 Å². The Balaban J connectivity index is 0.000000708. The van der Waals surface area contributed by atoms with Crippen molar-refractivity contribution in [2.45, 2.75) is 83.5 Å². The number of carbonyl (C=O) groups excluding carboxylic acids is 1. The van der Waals surface area contributed by atoms with Gasteiger partial charge in [-0.25, -0.2) is 9.78 Å². The zero-order valence-electron chi connectivity index (χ0n) is 22.3. The van der Waals surface area contributed by atoms with Crippen molar-refractivity contribution < 1.29 is 27.9 Å². The molecule has 0 bridgehead atoms. The van der Waals surface area contributed by atoms with E-state index in [2.05, 4.69) is 27.6 Å². The number of unbranched alkanes of at least 4 members (excludes halogenated alkanes) is 4. The van der Waals surface area contributed by atoms with Crippen molar-refractivity contribution in [2.24, 2.45) is 0 Å². The molecule has 1 saturated carbocycles. The number of alkyl halides is 3. The van der Waals surface area contributed by atoms with Gasteiger partial charge >= 0.3 is 12.1 Å².